The molecule has 0 aliphatic carbocycles. The van der Waals surface area contributed by atoms with Gasteiger partial charge in [-0.1, -0.05) is 12.1 Å². The highest BCUT2D eigenvalue weighted by Crippen LogP contribution is 2.11. The summed E-state index contributed by atoms with van der Waals surface area (Å²) >= 11 is 0. The zero-order valence-corrected chi connectivity index (χ0v) is 9.00. The van der Waals surface area contributed by atoms with E-state index in [4.69, 9.17) is 11.1 Å². The highest BCUT2D eigenvalue weighted by molar-refractivity contribution is 5.85. The number of aromatic nitrogens is 2. The molecule has 0 aliphatic rings. The normalized spacial score (nSPS) is 9.87. The predicted molar refractivity (Wildman–Crippen MR) is 63.5 cm³/mol. The van der Waals surface area contributed by atoms with E-state index in [9.17, 15) is 0 Å². The second kappa shape index (κ2) is 4.79. The average Bonchev–Trinajstić information content (AvgIpc) is 2.58. The van der Waals surface area contributed by atoms with Crippen LogP contribution in [0, 0.1) is 5.41 Å². The average molecular weight is 225 g/mol. The Kier molecular flexibility index (Phi) is 3.68. The van der Waals surface area contributed by atoms with Gasteiger partial charge in [0.05, 0.1) is 23.2 Å². The lowest BCUT2D eigenvalue weighted by molar-refractivity contribution is 0.742. The molecule has 0 saturated carbocycles. The summed E-state index contributed by atoms with van der Waals surface area (Å²) in [5, 5.41) is 7.15. The molecule has 0 spiro atoms. The summed E-state index contributed by atoms with van der Waals surface area (Å²) in [5.41, 5.74) is 7.38. The maximum absolute atomic E-state index is 7.15. The quantitative estimate of drug-likeness (QED) is 0.617. The van der Waals surface area contributed by atoms with E-state index in [1.807, 2.05) is 28.8 Å². The molecule has 1 aromatic carbocycles. The first-order valence-corrected chi connectivity index (χ1v) is 4.50. The lowest BCUT2D eigenvalue weighted by Gasteiger charge is -2.02. The number of hydrogen-bond donors (Lipinski definition) is 2. The molecule has 5 heteroatoms. The number of fused-ring (bicyclic) bond motifs is 1. The summed E-state index contributed by atoms with van der Waals surface area (Å²) < 4.78 is 2.01. The van der Waals surface area contributed by atoms with E-state index >= 15 is 0 Å². The molecule has 3 N–H and O–H groups in total. The minimum Gasteiger partial charge on any atom is -0.388 e. The number of para-hydroxylation sites is 2. The molecular formula is C10H13ClN4. The van der Waals surface area contributed by atoms with Crippen LogP contribution >= 0.6 is 12.4 Å². The molecule has 0 fully saturated rings. The Morgan fingerprint density at radius 2 is 2.13 bits per heavy atom. The van der Waals surface area contributed by atoms with Crippen molar-refractivity contribution in [3.63, 3.8) is 0 Å². The van der Waals surface area contributed by atoms with Crippen LogP contribution < -0.4 is 5.73 Å². The Morgan fingerprint density at radius 1 is 1.40 bits per heavy atom. The fourth-order valence-corrected chi connectivity index (χ4v) is 1.43. The van der Waals surface area contributed by atoms with Gasteiger partial charge in [0.15, 0.2) is 0 Å². The summed E-state index contributed by atoms with van der Waals surface area (Å²) in [6, 6.07) is 7.93. The van der Waals surface area contributed by atoms with Crippen LogP contribution in [-0.4, -0.2) is 15.4 Å². The van der Waals surface area contributed by atoms with Gasteiger partial charge in [-0.15, -0.1) is 12.4 Å². The second-order valence-corrected chi connectivity index (χ2v) is 3.20. The zero-order valence-electron chi connectivity index (χ0n) is 8.18. The standard InChI is InChI=1S/C10H12N4.ClH/c11-10(12)5-6-14-7-13-8-3-1-2-4-9(8)14;/h1-4,7H,5-6H2,(H3,11,12);1H. The number of imidazole rings is 1. The topological polar surface area (TPSA) is 67.7 Å². The van der Waals surface area contributed by atoms with Gasteiger partial charge in [-0.25, -0.2) is 4.98 Å². The van der Waals surface area contributed by atoms with Crippen LogP contribution in [0.4, 0.5) is 0 Å². The third kappa shape index (κ3) is 2.47. The van der Waals surface area contributed by atoms with E-state index in [-0.39, 0.29) is 18.2 Å². The van der Waals surface area contributed by atoms with Crippen molar-refractivity contribution in [1.82, 2.24) is 9.55 Å². The summed E-state index contributed by atoms with van der Waals surface area (Å²) in [5.74, 6) is 0.211. The van der Waals surface area contributed by atoms with Gasteiger partial charge in [0.1, 0.15) is 0 Å². The monoisotopic (exact) mass is 224 g/mol. The minimum atomic E-state index is 0. The van der Waals surface area contributed by atoms with Crippen molar-refractivity contribution < 1.29 is 0 Å². The van der Waals surface area contributed by atoms with Crippen molar-refractivity contribution >= 4 is 29.3 Å². The lowest BCUT2D eigenvalue weighted by Crippen LogP contribution is -2.12. The van der Waals surface area contributed by atoms with Gasteiger partial charge in [0.2, 0.25) is 0 Å². The van der Waals surface area contributed by atoms with Crippen molar-refractivity contribution in [2.45, 2.75) is 13.0 Å². The molecule has 0 radical (unpaired) electrons. The van der Waals surface area contributed by atoms with Crippen molar-refractivity contribution in [1.29, 1.82) is 5.41 Å². The minimum absolute atomic E-state index is 0. The van der Waals surface area contributed by atoms with E-state index in [0.717, 1.165) is 17.6 Å². The van der Waals surface area contributed by atoms with Crippen molar-refractivity contribution in [2.24, 2.45) is 5.73 Å². The molecular weight excluding hydrogens is 212 g/mol. The Balaban J connectivity index is 0.00000112. The number of nitrogens with zero attached hydrogens (tertiary/aromatic N) is 2. The number of nitrogens with two attached hydrogens (primary N) is 1. The maximum atomic E-state index is 7.15. The molecule has 80 valence electrons. The number of rotatable bonds is 3. The molecule has 1 aromatic heterocycles. The predicted octanol–water partition coefficient (Wildman–Crippen LogP) is 1.78. The number of aryl methyl sites for hydroxylation is 1. The van der Waals surface area contributed by atoms with Gasteiger partial charge >= 0.3 is 0 Å². The number of halogens is 1. The summed E-state index contributed by atoms with van der Waals surface area (Å²) in [4.78, 5) is 4.25. The van der Waals surface area contributed by atoms with Crippen LogP contribution in [-0.2, 0) is 6.54 Å². The van der Waals surface area contributed by atoms with Crippen LogP contribution in [0.2, 0.25) is 0 Å². The van der Waals surface area contributed by atoms with Crippen LogP contribution in [0.5, 0.6) is 0 Å². The first-order valence-electron chi connectivity index (χ1n) is 4.50. The molecule has 0 aliphatic heterocycles. The number of nitrogens with one attached hydrogen (secondary N) is 1. The summed E-state index contributed by atoms with van der Waals surface area (Å²) in [6.45, 7) is 0.718. The van der Waals surface area contributed by atoms with Gasteiger partial charge in [-0.2, -0.15) is 0 Å². The SMILES string of the molecule is Cl.N=C(N)CCn1cnc2ccccc21. The Hall–Kier alpha value is -1.55. The lowest BCUT2D eigenvalue weighted by atomic mass is 10.3. The van der Waals surface area contributed by atoms with E-state index in [2.05, 4.69) is 4.98 Å². The van der Waals surface area contributed by atoms with Crippen molar-refractivity contribution in [2.75, 3.05) is 0 Å². The van der Waals surface area contributed by atoms with E-state index in [1.165, 1.54) is 0 Å². The zero-order chi connectivity index (χ0) is 9.97. The highest BCUT2D eigenvalue weighted by Gasteiger charge is 2.00. The van der Waals surface area contributed by atoms with Crippen LogP contribution in [0.15, 0.2) is 30.6 Å². The Bertz CT molecular complexity index is 463. The fourth-order valence-electron chi connectivity index (χ4n) is 1.43. The molecule has 0 saturated heterocycles. The molecule has 0 atom stereocenters. The molecule has 2 rings (SSSR count). The van der Waals surface area contributed by atoms with Gasteiger partial charge in [0.25, 0.3) is 0 Å². The van der Waals surface area contributed by atoms with E-state index in [0.29, 0.717) is 6.42 Å². The first-order chi connectivity index (χ1) is 6.77. The molecule has 0 amide bonds. The Morgan fingerprint density at radius 3 is 2.87 bits per heavy atom. The third-order valence-electron chi connectivity index (χ3n) is 2.15. The molecule has 0 bridgehead atoms. The summed E-state index contributed by atoms with van der Waals surface area (Å²) in [7, 11) is 0. The molecule has 0 unspecified atom stereocenters. The van der Waals surface area contributed by atoms with Crippen molar-refractivity contribution in [3.8, 4) is 0 Å². The van der Waals surface area contributed by atoms with Crippen molar-refractivity contribution in [3.05, 3.63) is 30.6 Å². The van der Waals surface area contributed by atoms with Gasteiger partial charge < -0.3 is 10.3 Å². The number of hydrogen-bond acceptors (Lipinski definition) is 2. The maximum Gasteiger partial charge on any atom is 0.0958 e. The van der Waals surface area contributed by atoms with Gasteiger partial charge in [-0.3, -0.25) is 5.41 Å². The van der Waals surface area contributed by atoms with Crippen LogP contribution in [0.1, 0.15) is 6.42 Å². The van der Waals surface area contributed by atoms with Crippen LogP contribution in [0.25, 0.3) is 11.0 Å². The number of amidine groups is 1. The fraction of sp³-hybridized carbons (Fsp3) is 0.200. The third-order valence-corrected chi connectivity index (χ3v) is 2.15. The molecule has 4 nitrogen and oxygen atoms in total. The molecule has 15 heavy (non-hydrogen) atoms. The number of benzene rings is 1. The van der Waals surface area contributed by atoms with E-state index in [1.54, 1.807) is 6.33 Å². The van der Waals surface area contributed by atoms with Gasteiger partial charge in [-0.05, 0) is 12.1 Å². The second-order valence-electron chi connectivity index (χ2n) is 3.20. The molecule has 2 aromatic rings. The molecule has 1 heterocycles. The largest absolute Gasteiger partial charge is 0.388 e. The highest BCUT2D eigenvalue weighted by atomic mass is 35.5. The first kappa shape index (κ1) is 11.5. The summed E-state index contributed by atoms with van der Waals surface area (Å²) in [6.07, 6.45) is 2.36. The van der Waals surface area contributed by atoms with Gasteiger partial charge in [0, 0.05) is 13.0 Å². The van der Waals surface area contributed by atoms with Crippen LogP contribution in [0.3, 0.4) is 0 Å². The Labute approximate surface area is 94.0 Å². The smallest absolute Gasteiger partial charge is 0.0958 e. The van der Waals surface area contributed by atoms with E-state index < -0.39 is 0 Å².